The van der Waals surface area contributed by atoms with Crippen LogP contribution in [-0.4, -0.2) is 49.4 Å². The Morgan fingerprint density at radius 2 is 2.39 bits per heavy atom. The van der Waals surface area contributed by atoms with Crippen molar-refractivity contribution in [3.05, 3.63) is 24.0 Å². The average molecular weight is 251 g/mol. The van der Waals surface area contributed by atoms with E-state index in [1.165, 1.54) is 5.56 Å². The molecule has 1 saturated heterocycles. The lowest BCUT2D eigenvalue weighted by atomic mass is 10.1. The van der Waals surface area contributed by atoms with Gasteiger partial charge in [0.1, 0.15) is 0 Å². The number of rotatable bonds is 5. The van der Waals surface area contributed by atoms with Crippen molar-refractivity contribution >= 4 is 0 Å². The Kier molecular flexibility index (Phi) is 4.80. The number of hydrogen-bond acceptors (Lipinski definition) is 3. The van der Waals surface area contributed by atoms with E-state index in [1.54, 1.807) is 0 Å². The van der Waals surface area contributed by atoms with Crippen LogP contribution in [-0.2, 0) is 11.3 Å². The van der Waals surface area contributed by atoms with Crippen LogP contribution in [0, 0.1) is 0 Å². The molecular weight excluding hydrogens is 226 g/mol. The van der Waals surface area contributed by atoms with Crippen molar-refractivity contribution < 1.29 is 4.74 Å². The molecule has 0 aliphatic carbocycles. The number of ether oxygens (including phenoxy) is 1. The van der Waals surface area contributed by atoms with Crippen LogP contribution in [0.1, 0.15) is 24.9 Å². The number of nitrogens with one attached hydrogen (secondary N) is 1. The van der Waals surface area contributed by atoms with Gasteiger partial charge in [-0.25, -0.2) is 0 Å². The minimum Gasteiger partial charge on any atom is -0.374 e. The van der Waals surface area contributed by atoms with Crippen LogP contribution >= 0.6 is 0 Å². The minimum atomic E-state index is 0.318. The van der Waals surface area contributed by atoms with E-state index in [0.717, 1.165) is 32.7 Å². The van der Waals surface area contributed by atoms with E-state index < -0.39 is 0 Å². The number of morpholine rings is 1. The molecule has 1 aliphatic rings. The third-order valence-electron chi connectivity index (χ3n) is 3.69. The summed E-state index contributed by atoms with van der Waals surface area (Å²) in [5.41, 5.74) is 1.36. The molecule has 4 heteroatoms. The molecule has 0 saturated carbocycles. The van der Waals surface area contributed by atoms with Crippen molar-refractivity contribution in [3.63, 3.8) is 0 Å². The molecule has 18 heavy (non-hydrogen) atoms. The van der Waals surface area contributed by atoms with Crippen LogP contribution in [0.2, 0.25) is 0 Å². The molecule has 1 aliphatic heterocycles. The zero-order valence-electron chi connectivity index (χ0n) is 11.7. The van der Waals surface area contributed by atoms with Crippen molar-refractivity contribution in [2.75, 3.05) is 33.8 Å². The normalized spacial score (nSPS) is 23.2. The fourth-order valence-corrected chi connectivity index (χ4v) is 2.60. The Labute approximate surface area is 110 Å². The molecule has 0 spiro atoms. The summed E-state index contributed by atoms with van der Waals surface area (Å²) in [5.74, 6) is 0. The summed E-state index contributed by atoms with van der Waals surface area (Å²) in [4.78, 5) is 2.33. The van der Waals surface area contributed by atoms with Crippen LogP contribution in [0.25, 0.3) is 0 Å². The molecule has 0 bridgehead atoms. The van der Waals surface area contributed by atoms with Crippen molar-refractivity contribution in [2.45, 2.75) is 32.0 Å². The Morgan fingerprint density at radius 1 is 1.56 bits per heavy atom. The van der Waals surface area contributed by atoms with Crippen molar-refractivity contribution in [1.82, 2.24) is 14.8 Å². The van der Waals surface area contributed by atoms with E-state index in [4.69, 9.17) is 4.74 Å². The minimum absolute atomic E-state index is 0.318. The predicted octanol–water partition coefficient (Wildman–Crippen LogP) is 1.49. The molecular formula is C14H25N3O. The maximum Gasteiger partial charge on any atom is 0.0880 e. The van der Waals surface area contributed by atoms with Crippen LogP contribution in [0.5, 0.6) is 0 Å². The van der Waals surface area contributed by atoms with Gasteiger partial charge >= 0.3 is 0 Å². The van der Waals surface area contributed by atoms with Gasteiger partial charge in [-0.05, 0) is 32.1 Å². The average Bonchev–Trinajstić information content (AvgIpc) is 2.79. The fraction of sp³-hybridized carbons (Fsp3) is 0.714. The molecule has 4 nitrogen and oxygen atoms in total. The summed E-state index contributed by atoms with van der Waals surface area (Å²) in [6, 6.07) is 2.67. The Bertz CT molecular complexity index is 360. The first-order chi connectivity index (χ1) is 8.72. The summed E-state index contributed by atoms with van der Waals surface area (Å²) in [6.45, 7) is 6.08. The van der Waals surface area contributed by atoms with E-state index in [1.807, 2.05) is 7.05 Å². The second-order valence-electron chi connectivity index (χ2n) is 5.15. The molecule has 2 heterocycles. The van der Waals surface area contributed by atoms with Gasteiger partial charge in [0.15, 0.2) is 0 Å². The second kappa shape index (κ2) is 6.36. The van der Waals surface area contributed by atoms with E-state index in [-0.39, 0.29) is 0 Å². The zero-order chi connectivity index (χ0) is 13.0. The first kappa shape index (κ1) is 13.6. The molecule has 0 amide bonds. The summed E-state index contributed by atoms with van der Waals surface area (Å²) in [6.07, 6.45) is 5.83. The maximum atomic E-state index is 5.80. The summed E-state index contributed by atoms with van der Waals surface area (Å²) in [5, 5.41) is 3.34. The number of hydrogen-bond donors (Lipinski definition) is 1. The van der Waals surface area contributed by atoms with Gasteiger partial charge in [-0.1, -0.05) is 6.92 Å². The first-order valence-corrected chi connectivity index (χ1v) is 6.86. The van der Waals surface area contributed by atoms with Gasteiger partial charge in [-0.15, -0.1) is 0 Å². The van der Waals surface area contributed by atoms with Gasteiger partial charge in [0.05, 0.1) is 12.7 Å². The first-order valence-electron chi connectivity index (χ1n) is 6.86. The fourth-order valence-electron chi connectivity index (χ4n) is 2.60. The van der Waals surface area contributed by atoms with Crippen LogP contribution in [0.4, 0.5) is 0 Å². The van der Waals surface area contributed by atoms with E-state index in [9.17, 15) is 0 Å². The van der Waals surface area contributed by atoms with Crippen LogP contribution in [0.3, 0.4) is 0 Å². The van der Waals surface area contributed by atoms with E-state index in [0.29, 0.717) is 12.1 Å². The standard InChI is InChI=1S/C14H25N3O/c1-4-14(15-2)12-5-6-17(9-12)11-13-10-16(3)7-8-18-13/h5-6,9,13-15H,4,7-8,10-11H2,1-3H3. The highest BCUT2D eigenvalue weighted by Crippen LogP contribution is 2.17. The van der Waals surface area contributed by atoms with Crippen LogP contribution in [0.15, 0.2) is 18.5 Å². The molecule has 2 unspecified atom stereocenters. The molecule has 2 rings (SSSR count). The highest BCUT2D eigenvalue weighted by molar-refractivity contribution is 5.15. The Hall–Kier alpha value is -0.840. The second-order valence-corrected chi connectivity index (χ2v) is 5.15. The number of nitrogens with zero attached hydrogens (tertiary/aromatic N) is 2. The number of likely N-dealkylation sites (N-methyl/N-ethyl adjacent to an activating group) is 1. The SMILES string of the molecule is CCC(NC)c1ccn(CC2CN(C)CCO2)c1. The third kappa shape index (κ3) is 3.34. The zero-order valence-corrected chi connectivity index (χ0v) is 11.7. The van der Waals surface area contributed by atoms with Crippen LogP contribution < -0.4 is 5.32 Å². The van der Waals surface area contributed by atoms with Gasteiger partial charge < -0.3 is 19.5 Å². The van der Waals surface area contributed by atoms with Crippen molar-refractivity contribution in [2.24, 2.45) is 0 Å². The van der Waals surface area contributed by atoms with E-state index >= 15 is 0 Å². The molecule has 1 fully saturated rings. The predicted molar refractivity (Wildman–Crippen MR) is 73.8 cm³/mol. The Balaban J connectivity index is 1.93. The number of aromatic nitrogens is 1. The smallest absolute Gasteiger partial charge is 0.0880 e. The molecule has 102 valence electrons. The molecule has 0 aromatic carbocycles. The van der Waals surface area contributed by atoms with E-state index in [2.05, 4.69) is 47.2 Å². The van der Waals surface area contributed by atoms with Gasteiger partial charge in [0, 0.05) is 38.1 Å². The highest BCUT2D eigenvalue weighted by atomic mass is 16.5. The molecule has 0 radical (unpaired) electrons. The van der Waals surface area contributed by atoms with Gasteiger partial charge in [-0.3, -0.25) is 0 Å². The molecule has 1 N–H and O–H groups in total. The maximum absolute atomic E-state index is 5.80. The lowest BCUT2D eigenvalue weighted by Gasteiger charge is -2.30. The van der Waals surface area contributed by atoms with Gasteiger partial charge in [0.2, 0.25) is 0 Å². The van der Waals surface area contributed by atoms with Gasteiger partial charge in [-0.2, -0.15) is 0 Å². The lowest BCUT2D eigenvalue weighted by Crippen LogP contribution is -2.41. The molecule has 1 aromatic rings. The van der Waals surface area contributed by atoms with Crippen molar-refractivity contribution in [1.29, 1.82) is 0 Å². The summed E-state index contributed by atoms with van der Waals surface area (Å²) in [7, 11) is 4.18. The summed E-state index contributed by atoms with van der Waals surface area (Å²) < 4.78 is 8.05. The Morgan fingerprint density at radius 3 is 3.06 bits per heavy atom. The van der Waals surface area contributed by atoms with Crippen molar-refractivity contribution in [3.8, 4) is 0 Å². The topological polar surface area (TPSA) is 29.4 Å². The molecule has 1 aromatic heterocycles. The van der Waals surface area contributed by atoms with Gasteiger partial charge in [0.25, 0.3) is 0 Å². The highest BCUT2D eigenvalue weighted by Gasteiger charge is 2.18. The summed E-state index contributed by atoms with van der Waals surface area (Å²) >= 11 is 0. The lowest BCUT2D eigenvalue weighted by molar-refractivity contribution is -0.0274. The largest absolute Gasteiger partial charge is 0.374 e. The quantitative estimate of drug-likeness (QED) is 0.860. The third-order valence-corrected chi connectivity index (χ3v) is 3.69. The molecule has 2 atom stereocenters. The monoisotopic (exact) mass is 251 g/mol.